The molecular weight excluding hydrogens is 242 g/mol. The van der Waals surface area contributed by atoms with Crippen LogP contribution in [0.5, 0.6) is 0 Å². The molecular formula is C13H19N5O. The monoisotopic (exact) mass is 261 g/mol. The predicted octanol–water partition coefficient (Wildman–Crippen LogP) is 1.66. The highest BCUT2D eigenvalue weighted by molar-refractivity contribution is 5.39. The van der Waals surface area contributed by atoms with Crippen LogP contribution in [0.1, 0.15) is 5.76 Å². The van der Waals surface area contributed by atoms with Crippen LogP contribution in [0, 0.1) is 0 Å². The lowest BCUT2D eigenvalue weighted by atomic mass is 10.4. The Balaban J connectivity index is 1.84. The quantitative estimate of drug-likeness (QED) is 0.790. The molecule has 0 spiro atoms. The average molecular weight is 261 g/mol. The highest BCUT2D eigenvalue weighted by Crippen LogP contribution is 2.08. The molecule has 0 aliphatic heterocycles. The van der Waals surface area contributed by atoms with Gasteiger partial charge in [-0.15, -0.1) is 0 Å². The molecule has 0 aliphatic rings. The van der Waals surface area contributed by atoms with Gasteiger partial charge in [-0.05, 0) is 32.3 Å². The van der Waals surface area contributed by atoms with E-state index in [9.17, 15) is 0 Å². The van der Waals surface area contributed by atoms with Crippen LogP contribution in [0.2, 0.25) is 0 Å². The molecule has 6 heteroatoms. The number of furan rings is 1. The van der Waals surface area contributed by atoms with Crippen molar-refractivity contribution in [3.63, 3.8) is 0 Å². The summed E-state index contributed by atoms with van der Waals surface area (Å²) in [4.78, 5) is 10.7. The molecule has 2 aromatic heterocycles. The summed E-state index contributed by atoms with van der Waals surface area (Å²) in [6.45, 7) is 2.36. The Bertz CT molecular complexity index is 484. The summed E-state index contributed by atoms with van der Waals surface area (Å²) in [6, 6.07) is 5.62. The Morgan fingerprint density at radius 2 is 2.16 bits per heavy atom. The largest absolute Gasteiger partial charge is 0.467 e. The number of rotatable bonds is 7. The van der Waals surface area contributed by atoms with Crippen LogP contribution >= 0.6 is 0 Å². The van der Waals surface area contributed by atoms with Gasteiger partial charge in [0, 0.05) is 19.3 Å². The van der Waals surface area contributed by atoms with Gasteiger partial charge < -0.3 is 20.0 Å². The van der Waals surface area contributed by atoms with Crippen molar-refractivity contribution >= 4 is 11.8 Å². The molecule has 2 aromatic rings. The number of nitrogens with zero attached hydrogens (tertiary/aromatic N) is 3. The molecule has 0 saturated heterocycles. The Labute approximate surface area is 112 Å². The summed E-state index contributed by atoms with van der Waals surface area (Å²) in [7, 11) is 4.06. The van der Waals surface area contributed by atoms with E-state index in [1.807, 2.05) is 32.3 Å². The van der Waals surface area contributed by atoms with Crippen molar-refractivity contribution in [2.45, 2.75) is 6.54 Å². The van der Waals surface area contributed by atoms with E-state index in [-0.39, 0.29) is 0 Å². The van der Waals surface area contributed by atoms with Gasteiger partial charge in [0.25, 0.3) is 0 Å². The third-order valence-corrected chi connectivity index (χ3v) is 2.52. The van der Waals surface area contributed by atoms with E-state index < -0.39 is 0 Å². The molecule has 0 amide bonds. The fourth-order valence-electron chi connectivity index (χ4n) is 1.52. The summed E-state index contributed by atoms with van der Waals surface area (Å²) in [5.41, 5.74) is 0. The number of hydrogen-bond acceptors (Lipinski definition) is 6. The highest BCUT2D eigenvalue weighted by Gasteiger charge is 2.00. The van der Waals surface area contributed by atoms with Gasteiger partial charge in [0.05, 0.1) is 12.8 Å². The third kappa shape index (κ3) is 4.59. The molecule has 0 saturated carbocycles. The molecule has 102 valence electrons. The molecule has 6 nitrogen and oxygen atoms in total. The van der Waals surface area contributed by atoms with Crippen molar-refractivity contribution in [1.29, 1.82) is 0 Å². The standard InChI is InChI=1S/C13H19N5O/c1-18(2)8-7-15-13-14-6-5-12(17-13)16-10-11-4-3-9-19-11/h3-6,9H,7-8,10H2,1-2H3,(H2,14,15,16,17). The van der Waals surface area contributed by atoms with Gasteiger partial charge in [0.2, 0.25) is 5.95 Å². The minimum atomic E-state index is 0.612. The first-order valence-electron chi connectivity index (χ1n) is 6.22. The van der Waals surface area contributed by atoms with Crippen LogP contribution in [-0.4, -0.2) is 42.1 Å². The van der Waals surface area contributed by atoms with Crippen molar-refractivity contribution in [2.75, 3.05) is 37.8 Å². The molecule has 2 heterocycles. The van der Waals surface area contributed by atoms with Crippen LogP contribution < -0.4 is 10.6 Å². The lowest BCUT2D eigenvalue weighted by Crippen LogP contribution is -2.21. The SMILES string of the molecule is CN(C)CCNc1nccc(NCc2ccco2)n1. The lowest BCUT2D eigenvalue weighted by molar-refractivity contribution is 0.425. The average Bonchev–Trinajstić information content (AvgIpc) is 2.89. The second-order valence-corrected chi connectivity index (χ2v) is 4.43. The summed E-state index contributed by atoms with van der Waals surface area (Å²) >= 11 is 0. The smallest absolute Gasteiger partial charge is 0.224 e. The van der Waals surface area contributed by atoms with E-state index in [0.29, 0.717) is 12.5 Å². The predicted molar refractivity (Wildman–Crippen MR) is 75.1 cm³/mol. The van der Waals surface area contributed by atoms with E-state index in [2.05, 4.69) is 25.5 Å². The van der Waals surface area contributed by atoms with E-state index in [1.54, 1.807) is 12.5 Å². The first-order chi connectivity index (χ1) is 9.24. The second-order valence-electron chi connectivity index (χ2n) is 4.43. The fraction of sp³-hybridized carbons (Fsp3) is 0.385. The molecule has 2 rings (SSSR count). The van der Waals surface area contributed by atoms with Gasteiger partial charge in [-0.2, -0.15) is 4.98 Å². The third-order valence-electron chi connectivity index (χ3n) is 2.52. The molecule has 0 aromatic carbocycles. The number of anilines is 2. The summed E-state index contributed by atoms with van der Waals surface area (Å²) < 4.78 is 5.25. The Morgan fingerprint density at radius 1 is 1.26 bits per heavy atom. The summed E-state index contributed by atoms with van der Waals surface area (Å²) in [5, 5.41) is 6.37. The van der Waals surface area contributed by atoms with E-state index in [0.717, 1.165) is 24.7 Å². The van der Waals surface area contributed by atoms with Gasteiger partial charge in [-0.25, -0.2) is 4.98 Å². The molecule has 0 aliphatic carbocycles. The van der Waals surface area contributed by atoms with Gasteiger partial charge in [0.1, 0.15) is 11.6 Å². The highest BCUT2D eigenvalue weighted by atomic mass is 16.3. The van der Waals surface area contributed by atoms with Crippen LogP contribution in [0.25, 0.3) is 0 Å². The van der Waals surface area contributed by atoms with Crippen molar-refractivity contribution in [2.24, 2.45) is 0 Å². The minimum Gasteiger partial charge on any atom is -0.467 e. The van der Waals surface area contributed by atoms with Crippen molar-refractivity contribution in [3.05, 3.63) is 36.4 Å². The topological polar surface area (TPSA) is 66.2 Å². The normalized spacial score (nSPS) is 10.7. The molecule has 0 atom stereocenters. The van der Waals surface area contributed by atoms with Crippen LogP contribution in [-0.2, 0) is 6.54 Å². The zero-order valence-electron chi connectivity index (χ0n) is 11.3. The number of nitrogens with one attached hydrogen (secondary N) is 2. The maximum atomic E-state index is 5.25. The second kappa shape index (κ2) is 6.75. The Hall–Kier alpha value is -2.08. The molecule has 19 heavy (non-hydrogen) atoms. The maximum Gasteiger partial charge on any atom is 0.224 e. The summed E-state index contributed by atoms with van der Waals surface area (Å²) in [6.07, 6.45) is 3.39. The van der Waals surface area contributed by atoms with Crippen molar-refractivity contribution < 1.29 is 4.42 Å². The zero-order chi connectivity index (χ0) is 13.5. The lowest BCUT2D eigenvalue weighted by Gasteiger charge is -2.11. The first kappa shape index (κ1) is 13.4. The number of likely N-dealkylation sites (N-methyl/N-ethyl adjacent to an activating group) is 1. The van der Waals surface area contributed by atoms with E-state index >= 15 is 0 Å². The van der Waals surface area contributed by atoms with Crippen molar-refractivity contribution in [3.8, 4) is 0 Å². The molecule has 0 fully saturated rings. The van der Waals surface area contributed by atoms with E-state index in [4.69, 9.17) is 4.42 Å². The van der Waals surface area contributed by atoms with Gasteiger partial charge in [-0.1, -0.05) is 0 Å². The van der Waals surface area contributed by atoms with Gasteiger partial charge in [0.15, 0.2) is 0 Å². The molecule has 0 bridgehead atoms. The molecule has 0 unspecified atom stereocenters. The van der Waals surface area contributed by atoms with Crippen LogP contribution in [0.15, 0.2) is 35.1 Å². The molecule has 2 N–H and O–H groups in total. The minimum absolute atomic E-state index is 0.612. The number of aromatic nitrogens is 2. The van der Waals surface area contributed by atoms with Gasteiger partial charge >= 0.3 is 0 Å². The van der Waals surface area contributed by atoms with Crippen LogP contribution in [0.3, 0.4) is 0 Å². The number of hydrogen-bond donors (Lipinski definition) is 2. The zero-order valence-corrected chi connectivity index (χ0v) is 11.3. The maximum absolute atomic E-state index is 5.25. The van der Waals surface area contributed by atoms with Crippen LogP contribution in [0.4, 0.5) is 11.8 Å². The van der Waals surface area contributed by atoms with Gasteiger partial charge in [-0.3, -0.25) is 0 Å². The van der Waals surface area contributed by atoms with E-state index in [1.165, 1.54) is 0 Å². The van der Waals surface area contributed by atoms with Crippen molar-refractivity contribution in [1.82, 2.24) is 14.9 Å². The first-order valence-corrected chi connectivity index (χ1v) is 6.22. The summed E-state index contributed by atoms with van der Waals surface area (Å²) in [5.74, 6) is 2.28. The Kier molecular flexibility index (Phi) is 4.74. The molecule has 0 radical (unpaired) electrons. The Morgan fingerprint density at radius 3 is 2.89 bits per heavy atom. The fourth-order valence-corrected chi connectivity index (χ4v) is 1.52.